The number of halogens is 2. The van der Waals surface area contributed by atoms with Gasteiger partial charge in [-0.25, -0.2) is 27.2 Å². The lowest BCUT2D eigenvalue weighted by Gasteiger charge is -2.43. The Kier molecular flexibility index (Phi) is 7.01. The number of pyridine rings is 1. The number of rotatable bonds is 7. The predicted octanol–water partition coefficient (Wildman–Crippen LogP) is 4.38. The summed E-state index contributed by atoms with van der Waals surface area (Å²) in [4.78, 5) is 14.9. The first-order valence-corrected chi connectivity index (χ1v) is 13.8. The largest absolute Gasteiger partial charge is 0.481 e. The Balaban J connectivity index is 1.62. The van der Waals surface area contributed by atoms with Gasteiger partial charge < -0.3 is 9.64 Å². The molecule has 0 aliphatic carbocycles. The smallest absolute Gasteiger partial charge is 0.179 e. The molecule has 0 spiro atoms. The summed E-state index contributed by atoms with van der Waals surface area (Å²) in [5.74, 6) is -0.702. The molecule has 36 heavy (non-hydrogen) atoms. The summed E-state index contributed by atoms with van der Waals surface area (Å²) in [5, 5.41) is 0. The molecule has 2 aromatic heterocycles. The van der Waals surface area contributed by atoms with Gasteiger partial charge in [0.2, 0.25) is 0 Å². The Morgan fingerprint density at radius 1 is 1.11 bits per heavy atom. The maximum Gasteiger partial charge on any atom is 0.179 e. The van der Waals surface area contributed by atoms with Crippen LogP contribution in [0.5, 0.6) is 5.75 Å². The fraction of sp³-hybridized carbons (Fsp3) is 0.423. The Hall–Kier alpha value is -3.14. The molecule has 4 rings (SSSR count). The second kappa shape index (κ2) is 9.72. The summed E-state index contributed by atoms with van der Waals surface area (Å²) in [6.45, 7) is 8.39. The third-order valence-electron chi connectivity index (χ3n) is 5.94. The molecule has 1 aliphatic heterocycles. The highest BCUT2D eigenvalue weighted by Crippen LogP contribution is 2.42. The summed E-state index contributed by atoms with van der Waals surface area (Å²) in [6, 6.07) is 6.60. The van der Waals surface area contributed by atoms with Gasteiger partial charge in [0.25, 0.3) is 0 Å². The van der Waals surface area contributed by atoms with Gasteiger partial charge in [-0.2, -0.15) is 0 Å². The van der Waals surface area contributed by atoms with Crippen molar-refractivity contribution in [1.82, 2.24) is 15.0 Å². The topological polar surface area (TPSA) is 85.3 Å². The van der Waals surface area contributed by atoms with Crippen LogP contribution in [0.1, 0.15) is 44.8 Å². The van der Waals surface area contributed by atoms with Gasteiger partial charge in [-0.05, 0) is 57.9 Å². The minimum atomic E-state index is -3.06. The lowest BCUT2D eigenvalue weighted by molar-refractivity contribution is 0.0967. The molecule has 0 fully saturated rings. The molecule has 0 amide bonds. The maximum absolute atomic E-state index is 15.2. The van der Waals surface area contributed by atoms with Crippen LogP contribution in [0.2, 0.25) is 0 Å². The second-order valence-electron chi connectivity index (χ2n) is 10.1. The van der Waals surface area contributed by atoms with Crippen molar-refractivity contribution in [2.45, 2.75) is 52.2 Å². The fourth-order valence-corrected chi connectivity index (χ4v) is 4.77. The van der Waals surface area contributed by atoms with Crippen LogP contribution < -0.4 is 9.64 Å². The highest BCUT2D eigenvalue weighted by atomic mass is 32.2. The second-order valence-corrected chi connectivity index (χ2v) is 12.3. The van der Waals surface area contributed by atoms with Crippen LogP contribution in [0.4, 0.5) is 14.5 Å². The molecule has 1 aromatic carbocycles. The van der Waals surface area contributed by atoms with E-state index in [2.05, 4.69) is 15.0 Å². The molecule has 10 heteroatoms. The van der Waals surface area contributed by atoms with E-state index in [1.165, 1.54) is 12.3 Å². The van der Waals surface area contributed by atoms with Crippen LogP contribution in [0.15, 0.2) is 36.7 Å². The van der Waals surface area contributed by atoms with E-state index < -0.39 is 27.1 Å². The van der Waals surface area contributed by atoms with Gasteiger partial charge in [0.15, 0.2) is 17.4 Å². The average Bonchev–Trinajstić information content (AvgIpc) is 2.79. The molecular formula is C26H30F2N4O3S. The first kappa shape index (κ1) is 25.9. The number of hydrogen-bond acceptors (Lipinski definition) is 7. The molecule has 7 nitrogen and oxygen atoms in total. The molecule has 0 atom stereocenters. The number of sulfone groups is 1. The number of ether oxygens (including phenoxy) is 1. The molecule has 1 aliphatic rings. The molecular weight excluding hydrogens is 486 g/mol. The predicted molar refractivity (Wildman–Crippen MR) is 135 cm³/mol. The molecule has 3 aromatic rings. The number of anilines is 1. The summed E-state index contributed by atoms with van der Waals surface area (Å²) >= 11 is 0. The molecule has 0 radical (unpaired) electrons. The van der Waals surface area contributed by atoms with Gasteiger partial charge in [0, 0.05) is 29.8 Å². The third kappa shape index (κ3) is 5.98. The first-order chi connectivity index (χ1) is 16.8. The number of fused-ring (bicyclic) bond motifs is 1. The van der Waals surface area contributed by atoms with Crippen molar-refractivity contribution in [3.05, 3.63) is 65.4 Å². The summed E-state index contributed by atoms with van der Waals surface area (Å²) in [7, 11) is -3.06. The highest BCUT2D eigenvalue weighted by molar-refractivity contribution is 7.90. The van der Waals surface area contributed by atoms with Crippen LogP contribution >= 0.6 is 0 Å². The number of aryl methyl sites for hydroxylation is 1. The number of nitrogens with zero attached hydrogens (tertiary/aromatic N) is 4. The zero-order valence-electron chi connectivity index (χ0n) is 21.0. The van der Waals surface area contributed by atoms with E-state index in [9.17, 15) is 12.8 Å². The van der Waals surface area contributed by atoms with E-state index in [1.807, 2.05) is 32.6 Å². The van der Waals surface area contributed by atoms with E-state index in [0.29, 0.717) is 35.7 Å². The standard InChI is InChI=1S/C26H30F2N4O3S/c1-16(2)32-15-26(3,4)35-25-20(27)10-18(11-22(25)32)24-21(28)14-30-23(31-24)12-19-7-6-17(13-29-19)8-9-36(5,33)34/h6-7,10-11,13-14,16H,8-9,12,15H2,1-5H3. The van der Waals surface area contributed by atoms with Gasteiger partial charge in [-0.15, -0.1) is 0 Å². The molecule has 0 unspecified atom stereocenters. The van der Waals surface area contributed by atoms with Crippen molar-refractivity contribution < 1.29 is 21.9 Å². The summed E-state index contributed by atoms with van der Waals surface area (Å²) < 4.78 is 58.7. The van der Waals surface area contributed by atoms with Gasteiger partial charge in [0.1, 0.15) is 27.0 Å². The lowest BCUT2D eigenvalue weighted by atomic mass is 10.0. The van der Waals surface area contributed by atoms with Gasteiger partial charge in [-0.3, -0.25) is 4.98 Å². The van der Waals surface area contributed by atoms with Crippen molar-refractivity contribution in [3.63, 3.8) is 0 Å². The maximum atomic E-state index is 15.2. The molecule has 0 saturated carbocycles. The summed E-state index contributed by atoms with van der Waals surface area (Å²) in [5.41, 5.74) is 1.74. The van der Waals surface area contributed by atoms with Gasteiger partial charge in [0.05, 0.1) is 30.6 Å². The Morgan fingerprint density at radius 3 is 2.50 bits per heavy atom. The molecule has 3 heterocycles. The van der Waals surface area contributed by atoms with Crippen molar-refractivity contribution >= 4 is 15.5 Å². The average molecular weight is 517 g/mol. The molecule has 192 valence electrons. The SMILES string of the molecule is CC(C)N1CC(C)(C)Oc2c(F)cc(-c3nc(Cc4ccc(CCS(C)(=O)=O)cn4)ncc3F)cc21. The van der Waals surface area contributed by atoms with Gasteiger partial charge >= 0.3 is 0 Å². The first-order valence-electron chi connectivity index (χ1n) is 11.7. The lowest BCUT2D eigenvalue weighted by Crippen LogP contribution is -2.49. The quantitative estimate of drug-likeness (QED) is 0.461. The highest BCUT2D eigenvalue weighted by Gasteiger charge is 2.35. The van der Waals surface area contributed by atoms with Crippen molar-refractivity contribution in [2.75, 3.05) is 23.5 Å². The Morgan fingerprint density at radius 2 is 1.86 bits per heavy atom. The van der Waals surface area contributed by atoms with Crippen molar-refractivity contribution in [1.29, 1.82) is 0 Å². The van der Waals surface area contributed by atoms with E-state index in [1.54, 1.807) is 24.4 Å². The Bertz CT molecular complexity index is 1380. The van der Waals surface area contributed by atoms with Crippen LogP contribution in [0.25, 0.3) is 11.3 Å². The number of aromatic nitrogens is 3. The van der Waals surface area contributed by atoms with Crippen LogP contribution in [-0.4, -0.2) is 53.6 Å². The Labute approximate surface area is 210 Å². The molecule has 0 N–H and O–H groups in total. The number of hydrogen-bond donors (Lipinski definition) is 0. The fourth-order valence-electron chi connectivity index (χ4n) is 4.16. The van der Waals surface area contributed by atoms with Crippen LogP contribution in [0.3, 0.4) is 0 Å². The van der Waals surface area contributed by atoms with E-state index in [0.717, 1.165) is 11.8 Å². The zero-order valence-corrected chi connectivity index (χ0v) is 21.9. The molecule has 0 saturated heterocycles. The van der Waals surface area contributed by atoms with Crippen molar-refractivity contribution in [2.24, 2.45) is 0 Å². The van der Waals surface area contributed by atoms with Crippen LogP contribution in [0, 0.1) is 11.6 Å². The monoisotopic (exact) mass is 516 g/mol. The number of benzene rings is 1. The summed E-state index contributed by atoms with van der Waals surface area (Å²) in [6.07, 6.45) is 4.51. The minimum Gasteiger partial charge on any atom is -0.481 e. The minimum absolute atomic E-state index is 0.0000114. The zero-order chi connectivity index (χ0) is 26.3. The van der Waals surface area contributed by atoms with Gasteiger partial charge in [-0.1, -0.05) is 6.07 Å². The third-order valence-corrected chi connectivity index (χ3v) is 6.89. The van der Waals surface area contributed by atoms with E-state index in [4.69, 9.17) is 4.74 Å². The van der Waals surface area contributed by atoms with Crippen LogP contribution in [-0.2, 0) is 22.7 Å². The molecule has 0 bridgehead atoms. The van der Waals surface area contributed by atoms with E-state index in [-0.39, 0.29) is 29.7 Å². The van der Waals surface area contributed by atoms with E-state index >= 15 is 4.39 Å². The van der Waals surface area contributed by atoms with Crippen molar-refractivity contribution in [3.8, 4) is 17.0 Å². The normalized spacial score (nSPS) is 15.1.